The van der Waals surface area contributed by atoms with E-state index in [1.54, 1.807) is 23.9 Å². The smallest absolute Gasteiger partial charge is 0.166 e. The van der Waals surface area contributed by atoms with Crippen molar-refractivity contribution >= 4 is 27.7 Å². The summed E-state index contributed by atoms with van der Waals surface area (Å²) in [6.07, 6.45) is 2.04. The predicted molar refractivity (Wildman–Crippen MR) is 82.3 cm³/mol. The molecule has 0 aliphatic rings. The summed E-state index contributed by atoms with van der Waals surface area (Å²) in [6, 6.07) is 10.3. The summed E-state index contributed by atoms with van der Waals surface area (Å²) in [6.45, 7) is 3.98. The van der Waals surface area contributed by atoms with Gasteiger partial charge >= 0.3 is 0 Å². The molecule has 1 nitrogen and oxygen atoms in total. The molecule has 0 aliphatic heterocycles. The van der Waals surface area contributed by atoms with Crippen LogP contribution in [0.1, 0.15) is 11.1 Å². The van der Waals surface area contributed by atoms with Gasteiger partial charge in [-0.2, -0.15) is 11.8 Å². The average molecular weight is 340 g/mol. The van der Waals surface area contributed by atoms with E-state index >= 15 is 0 Å². The second kappa shape index (κ2) is 6.44. The van der Waals surface area contributed by atoms with Crippen LogP contribution in [0.4, 0.5) is 4.39 Å². The van der Waals surface area contributed by atoms with Crippen LogP contribution in [0.5, 0.6) is 11.5 Å². The summed E-state index contributed by atoms with van der Waals surface area (Å²) in [5.41, 5.74) is 2.07. The molecule has 0 aromatic heterocycles. The number of hydrogen-bond donors (Lipinski definition) is 0. The third-order valence-electron chi connectivity index (χ3n) is 2.60. The van der Waals surface area contributed by atoms with Gasteiger partial charge < -0.3 is 4.74 Å². The van der Waals surface area contributed by atoms with Crippen molar-refractivity contribution in [1.29, 1.82) is 0 Å². The van der Waals surface area contributed by atoms with Crippen molar-refractivity contribution in [3.63, 3.8) is 0 Å². The van der Waals surface area contributed by atoms with E-state index in [9.17, 15) is 4.39 Å². The lowest BCUT2D eigenvalue weighted by molar-refractivity contribution is 0.441. The standard InChI is InChI=1S/C15H13BrFOS/c1-10-7-13(5-3-11(10)9-19-2)18-15-6-4-12(16)8-14(15)17/h3-8H,1,9H2,2H3. The minimum atomic E-state index is -0.395. The summed E-state index contributed by atoms with van der Waals surface area (Å²) >= 11 is 4.95. The molecule has 0 saturated heterocycles. The van der Waals surface area contributed by atoms with Crippen molar-refractivity contribution in [2.45, 2.75) is 5.75 Å². The molecule has 0 atom stereocenters. The highest BCUT2D eigenvalue weighted by Gasteiger charge is 2.06. The molecule has 0 aliphatic carbocycles. The van der Waals surface area contributed by atoms with Gasteiger partial charge in [0, 0.05) is 10.2 Å². The van der Waals surface area contributed by atoms with E-state index in [-0.39, 0.29) is 5.75 Å². The Morgan fingerprint density at radius 2 is 2.05 bits per heavy atom. The average Bonchev–Trinajstić information content (AvgIpc) is 2.36. The van der Waals surface area contributed by atoms with E-state index in [1.807, 2.05) is 24.5 Å². The fourth-order valence-corrected chi connectivity index (χ4v) is 2.57. The van der Waals surface area contributed by atoms with Crippen LogP contribution in [0.25, 0.3) is 0 Å². The highest BCUT2D eigenvalue weighted by atomic mass is 79.9. The van der Waals surface area contributed by atoms with Crippen molar-refractivity contribution in [2.75, 3.05) is 6.26 Å². The lowest BCUT2D eigenvalue weighted by atomic mass is 10.1. The van der Waals surface area contributed by atoms with Gasteiger partial charge in [-0.3, -0.25) is 0 Å². The van der Waals surface area contributed by atoms with E-state index in [0.717, 1.165) is 16.9 Å². The van der Waals surface area contributed by atoms with Gasteiger partial charge in [-0.1, -0.05) is 22.0 Å². The molecule has 4 heteroatoms. The number of thioether (sulfide) groups is 1. The van der Waals surface area contributed by atoms with Gasteiger partial charge in [0.1, 0.15) is 5.75 Å². The second-order valence-corrected chi connectivity index (χ2v) is 5.82. The molecule has 2 rings (SSSR count). The van der Waals surface area contributed by atoms with E-state index < -0.39 is 5.82 Å². The summed E-state index contributed by atoms with van der Waals surface area (Å²) in [5.74, 6) is 1.32. The molecule has 0 amide bonds. The van der Waals surface area contributed by atoms with Gasteiger partial charge in [-0.15, -0.1) is 0 Å². The van der Waals surface area contributed by atoms with E-state index in [0.29, 0.717) is 10.2 Å². The summed E-state index contributed by atoms with van der Waals surface area (Å²) < 4.78 is 19.9. The molecular weight excluding hydrogens is 327 g/mol. The fraction of sp³-hybridized carbons (Fsp3) is 0.133. The highest BCUT2D eigenvalue weighted by Crippen LogP contribution is 2.28. The first-order chi connectivity index (χ1) is 9.10. The Labute approximate surface area is 125 Å². The van der Waals surface area contributed by atoms with Crippen LogP contribution < -0.4 is 4.74 Å². The number of hydrogen-bond acceptors (Lipinski definition) is 2. The van der Waals surface area contributed by atoms with Gasteiger partial charge in [0.2, 0.25) is 0 Å². The fourth-order valence-electron chi connectivity index (χ4n) is 1.65. The monoisotopic (exact) mass is 339 g/mol. The molecule has 2 aromatic rings. The molecule has 0 N–H and O–H groups in total. The number of ether oxygens (including phenoxy) is 1. The Hall–Kier alpha value is -1.00. The van der Waals surface area contributed by atoms with Crippen molar-refractivity contribution in [3.05, 3.63) is 64.7 Å². The highest BCUT2D eigenvalue weighted by molar-refractivity contribution is 9.10. The van der Waals surface area contributed by atoms with Gasteiger partial charge in [-0.25, -0.2) is 4.39 Å². The summed E-state index contributed by atoms with van der Waals surface area (Å²) in [7, 11) is 0. The number of halogens is 2. The first-order valence-electron chi connectivity index (χ1n) is 5.67. The molecule has 19 heavy (non-hydrogen) atoms. The van der Waals surface area contributed by atoms with Crippen LogP contribution in [0.2, 0.25) is 0 Å². The topological polar surface area (TPSA) is 9.23 Å². The van der Waals surface area contributed by atoms with E-state index in [2.05, 4.69) is 22.9 Å². The lowest BCUT2D eigenvalue weighted by Crippen LogP contribution is -1.91. The summed E-state index contributed by atoms with van der Waals surface area (Å²) in [4.78, 5) is 0. The van der Waals surface area contributed by atoms with Gasteiger partial charge in [0.25, 0.3) is 0 Å². The summed E-state index contributed by atoms with van der Waals surface area (Å²) in [5, 5.41) is 0. The molecule has 0 heterocycles. The SMILES string of the molecule is [CH2]c1cc(Oc2ccc(Br)cc2F)ccc1CSC. The minimum absolute atomic E-state index is 0.209. The van der Waals surface area contributed by atoms with E-state index in [4.69, 9.17) is 4.74 Å². The van der Waals surface area contributed by atoms with Gasteiger partial charge in [0.15, 0.2) is 11.6 Å². The number of benzene rings is 2. The molecule has 0 saturated carbocycles. The van der Waals surface area contributed by atoms with E-state index in [1.165, 1.54) is 6.07 Å². The van der Waals surface area contributed by atoms with Gasteiger partial charge in [0.05, 0.1) is 0 Å². The molecule has 0 bridgehead atoms. The maximum absolute atomic E-state index is 13.7. The zero-order valence-electron chi connectivity index (χ0n) is 10.5. The first-order valence-corrected chi connectivity index (χ1v) is 7.85. The first kappa shape index (κ1) is 14.4. The molecule has 1 radical (unpaired) electrons. The van der Waals surface area contributed by atoms with Crippen LogP contribution in [-0.4, -0.2) is 6.26 Å². The Bertz CT molecular complexity index is 586. The normalized spacial score (nSPS) is 10.5. The Morgan fingerprint density at radius 3 is 2.68 bits per heavy atom. The molecule has 0 spiro atoms. The van der Waals surface area contributed by atoms with Crippen molar-refractivity contribution in [1.82, 2.24) is 0 Å². The van der Waals surface area contributed by atoms with Crippen LogP contribution in [-0.2, 0) is 5.75 Å². The van der Waals surface area contributed by atoms with Crippen LogP contribution in [0.3, 0.4) is 0 Å². The molecular formula is C15H13BrFOS. The van der Waals surface area contributed by atoms with Crippen molar-refractivity contribution in [3.8, 4) is 11.5 Å². The minimum Gasteiger partial charge on any atom is -0.454 e. The Balaban J connectivity index is 2.21. The van der Waals surface area contributed by atoms with Gasteiger partial charge in [-0.05, 0) is 54.6 Å². The zero-order chi connectivity index (χ0) is 13.8. The Kier molecular flexibility index (Phi) is 4.88. The lowest BCUT2D eigenvalue weighted by Gasteiger charge is -2.10. The largest absolute Gasteiger partial charge is 0.454 e. The molecule has 0 fully saturated rings. The zero-order valence-corrected chi connectivity index (χ0v) is 12.9. The molecule has 0 unspecified atom stereocenters. The van der Waals surface area contributed by atoms with Crippen molar-refractivity contribution in [2.24, 2.45) is 0 Å². The molecule has 2 aromatic carbocycles. The maximum atomic E-state index is 13.7. The quantitative estimate of drug-likeness (QED) is 0.734. The Morgan fingerprint density at radius 1 is 1.26 bits per heavy atom. The van der Waals surface area contributed by atoms with Crippen LogP contribution >= 0.6 is 27.7 Å². The number of rotatable bonds is 4. The second-order valence-electron chi connectivity index (χ2n) is 4.04. The third-order valence-corrected chi connectivity index (χ3v) is 3.69. The maximum Gasteiger partial charge on any atom is 0.166 e. The predicted octanol–water partition coefficient (Wildman–Crippen LogP) is 5.43. The van der Waals surface area contributed by atoms with Crippen molar-refractivity contribution < 1.29 is 9.13 Å². The third kappa shape index (κ3) is 3.74. The van der Waals surface area contributed by atoms with Crippen LogP contribution in [0, 0.1) is 12.7 Å². The van der Waals surface area contributed by atoms with Crippen LogP contribution in [0.15, 0.2) is 40.9 Å². The molecule has 99 valence electrons.